The molecule has 3 N–H and O–H groups in total. The zero-order chi connectivity index (χ0) is 27.2. The first kappa shape index (κ1) is 26.3. The van der Waals surface area contributed by atoms with E-state index in [9.17, 15) is 0 Å². The van der Waals surface area contributed by atoms with E-state index in [-0.39, 0.29) is 0 Å². The van der Waals surface area contributed by atoms with Crippen LogP contribution in [-0.2, 0) is 0 Å². The molecule has 0 fully saturated rings. The lowest BCUT2D eigenvalue weighted by molar-refractivity contribution is 0.709. The largest absolute Gasteiger partial charge is 0.359 e. The molecule has 0 aliphatic heterocycles. The van der Waals surface area contributed by atoms with Gasteiger partial charge < -0.3 is 10.3 Å². The molecule has 38 heavy (non-hydrogen) atoms. The Morgan fingerprint density at radius 1 is 1.13 bits per heavy atom. The van der Waals surface area contributed by atoms with E-state index >= 15 is 0 Å². The van der Waals surface area contributed by atoms with Gasteiger partial charge in [-0.3, -0.25) is 15.1 Å². The van der Waals surface area contributed by atoms with E-state index in [2.05, 4.69) is 64.1 Å². The van der Waals surface area contributed by atoms with Crippen LogP contribution in [0.2, 0.25) is 0 Å². The van der Waals surface area contributed by atoms with E-state index < -0.39 is 0 Å². The quantitative estimate of drug-likeness (QED) is 0.269. The van der Waals surface area contributed by atoms with E-state index in [0.29, 0.717) is 17.4 Å². The third-order valence-electron chi connectivity index (χ3n) is 6.21. The van der Waals surface area contributed by atoms with Gasteiger partial charge in [-0.25, -0.2) is 4.98 Å². The van der Waals surface area contributed by atoms with Crippen molar-refractivity contribution in [2.24, 2.45) is 5.92 Å². The molecule has 0 radical (unpaired) electrons. The van der Waals surface area contributed by atoms with E-state index in [1.807, 2.05) is 56.4 Å². The number of aromatic amines is 2. The second-order valence-corrected chi connectivity index (χ2v) is 9.09. The molecule has 0 spiro atoms. The first-order valence-corrected chi connectivity index (χ1v) is 12.5. The van der Waals surface area contributed by atoms with Gasteiger partial charge >= 0.3 is 0 Å². The minimum Gasteiger partial charge on any atom is -0.359 e. The molecule has 0 aromatic carbocycles. The van der Waals surface area contributed by atoms with Gasteiger partial charge in [0, 0.05) is 34.6 Å². The van der Waals surface area contributed by atoms with Crippen molar-refractivity contribution in [2.75, 3.05) is 0 Å². The Hall–Kier alpha value is -4.78. The summed E-state index contributed by atoms with van der Waals surface area (Å²) in [4.78, 5) is 17.2. The Bertz CT molecular complexity index is 1680. The molecule has 0 unspecified atom stereocenters. The van der Waals surface area contributed by atoms with Gasteiger partial charge in [-0.05, 0) is 61.3 Å². The van der Waals surface area contributed by atoms with Gasteiger partial charge in [0.25, 0.3) is 0 Å². The molecule has 4 aromatic rings. The van der Waals surface area contributed by atoms with E-state index in [1.165, 1.54) is 0 Å². The number of rotatable bonds is 9. The average molecular weight is 504 g/mol. The zero-order valence-corrected chi connectivity index (χ0v) is 22.3. The van der Waals surface area contributed by atoms with Gasteiger partial charge in [0.05, 0.1) is 22.8 Å². The van der Waals surface area contributed by atoms with E-state index in [4.69, 9.17) is 4.98 Å². The molecular weight excluding hydrogens is 470 g/mol. The van der Waals surface area contributed by atoms with Crippen LogP contribution in [0.3, 0.4) is 0 Å². The third-order valence-corrected chi connectivity index (χ3v) is 6.21. The standard InChI is InChI=1S/C31H33N7/c1-8-22(16-23(9-2)34-21(7)19(4)5)20(6)15-24-26(10-3)37-38-30(24)31-35-28-18-32-17-25(29(28)36-31)27-13-11-12-14-33-27/h8-19,34,37H,2,6-7H2,1,3-5H3,(H,35,36)/b22-8+,23-16+,24-15+,26-10+. The summed E-state index contributed by atoms with van der Waals surface area (Å²) >= 11 is 0. The van der Waals surface area contributed by atoms with Gasteiger partial charge in [0.15, 0.2) is 5.82 Å². The van der Waals surface area contributed by atoms with Gasteiger partial charge in [-0.1, -0.05) is 51.8 Å². The maximum absolute atomic E-state index is 4.91. The first-order valence-electron chi connectivity index (χ1n) is 12.5. The number of fused-ring (bicyclic) bond motifs is 1. The smallest absolute Gasteiger partial charge is 0.159 e. The van der Waals surface area contributed by atoms with Crippen molar-refractivity contribution in [3.63, 3.8) is 0 Å². The highest BCUT2D eigenvalue weighted by molar-refractivity contribution is 5.91. The number of nitrogens with zero attached hydrogens (tertiary/aromatic N) is 4. The van der Waals surface area contributed by atoms with Crippen molar-refractivity contribution < 1.29 is 0 Å². The molecule has 0 aliphatic carbocycles. The predicted octanol–water partition coefficient (Wildman–Crippen LogP) is 5.32. The highest BCUT2D eigenvalue weighted by Gasteiger charge is 2.15. The van der Waals surface area contributed by atoms with Gasteiger partial charge in [0.2, 0.25) is 0 Å². The Kier molecular flexibility index (Phi) is 7.97. The van der Waals surface area contributed by atoms with Crippen molar-refractivity contribution in [3.05, 3.63) is 108 Å². The normalized spacial score (nSPS) is 13.4. The SMILES string of the molecule is C=C/C(=C\C(=C/C)C(=C)/C=c1/c(-c2nc3c(-c4ccccn4)cncc3[nH]2)n[nH]/c1=C/C)NC(=C)C(C)C. The lowest BCUT2D eigenvalue weighted by atomic mass is 10.0. The van der Waals surface area contributed by atoms with Crippen LogP contribution in [0, 0.1) is 5.92 Å². The molecule has 0 atom stereocenters. The molecule has 0 saturated carbocycles. The maximum atomic E-state index is 4.91. The molecule has 0 bridgehead atoms. The summed E-state index contributed by atoms with van der Waals surface area (Å²) in [6, 6.07) is 5.78. The first-order chi connectivity index (χ1) is 18.4. The molecular formula is C31H33N7. The van der Waals surface area contributed by atoms with E-state index in [1.54, 1.807) is 24.7 Å². The second-order valence-electron chi connectivity index (χ2n) is 9.09. The second kappa shape index (κ2) is 11.5. The van der Waals surface area contributed by atoms with Gasteiger partial charge in [0.1, 0.15) is 11.2 Å². The van der Waals surface area contributed by atoms with Crippen LogP contribution in [0.1, 0.15) is 27.7 Å². The molecule has 4 aromatic heterocycles. The van der Waals surface area contributed by atoms with Crippen LogP contribution < -0.4 is 15.9 Å². The molecule has 0 aliphatic rings. The van der Waals surface area contributed by atoms with Crippen molar-refractivity contribution in [3.8, 4) is 22.8 Å². The Morgan fingerprint density at radius 3 is 2.61 bits per heavy atom. The number of pyridine rings is 2. The zero-order valence-electron chi connectivity index (χ0n) is 22.3. The lowest BCUT2D eigenvalue weighted by Crippen LogP contribution is -2.24. The van der Waals surface area contributed by atoms with Crippen molar-refractivity contribution in [1.82, 2.24) is 35.5 Å². The van der Waals surface area contributed by atoms with Crippen molar-refractivity contribution in [1.29, 1.82) is 0 Å². The fraction of sp³-hybridized carbons (Fsp3) is 0.161. The Labute approximate surface area is 222 Å². The fourth-order valence-corrected chi connectivity index (χ4v) is 3.93. The third kappa shape index (κ3) is 5.47. The molecule has 7 nitrogen and oxygen atoms in total. The Morgan fingerprint density at radius 2 is 1.95 bits per heavy atom. The summed E-state index contributed by atoms with van der Waals surface area (Å²) in [5, 5.41) is 12.8. The van der Waals surface area contributed by atoms with Gasteiger partial charge in [-0.2, -0.15) is 5.10 Å². The number of hydrogen-bond donors (Lipinski definition) is 3. The van der Waals surface area contributed by atoms with E-state index in [0.717, 1.165) is 55.4 Å². The van der Waals surface area contributed by atoms with Crippen LogP contribution >= 0.6 is 0 Å². The molecule has 4 heterocycles. The molecule has 4 rings (SSSR count). The number of imidazole rings is 1. The summed E-state index contributed by atoms with van der Waals surface area (Å²) in [5.74, 6) is 0.934. The molecule has 0 amide bonds. The number of hydrogen-bond acceptors (Lipinski definition) is 5. The van der Waals surface area contributed by atoms with Crippen LogP contribution in [0.15, 0.2) is 97.3 Å². The Balaban J connectivity index is 1.78. The van der Waals surface area contributed by atoms with Crippen molar-refractivity contribution in [2.45, 2.75) is 27.7 Å². The number of H-pyrrole nitrogens is 2. The summed E-state index contributed by atoms with van der Waals surface area (Å²) < 4.78 is 0. The minimum atomic E-state index is 0.301. The summed E-state index contributed by atoms with van der Waals surface area (Å²) in [5.41, 5.74) is 7.49. The highest BCUT2D eigenvalue weighted by Crippen LogP contribution is 2.26. The van der Waals surface area contributed by atoms with Crippen LogP contribution in [0.4, 0.5) is 0 Å². The summed E-state index contributed by atoms with van der Waals surface area (Å²) in [6.07, 6.45) is 15.1. The molecule has 0 saturated heterocycles. The highest BCUT2D eigenvalue weighted by atomic mass is 15.1. The number of allylic oxidation sites excluding steroid dienone is 6. The average Bonchev–Trinajstić information content (AvgIpc) is 3.54. The number of nitrogens with one attached hydrogen (secondary N) is 3. The van der Waals surface area contributed by atoms with Gasteiger partial charge in [-0.15, -0.1) is 0 Å². The number of aromatic nitrogens is 6. The topological polar surface area (TPSA) is 95.2 Å². The van der Waals surface area contributed by atoms with Crippen LogP contribution in [-0.4, -0.2) is 30.1 Å². The summed E-state index contributed by atoms with van der Waals surface area (Å²) in [6.45, 7) is 20.5. The molecule has 7 heteroatoms. The fourth-order valence-electron chi connectivity index (χ4n) is 3.93. The lowest BCUT2D eigenvalue weighted by Gasteiger charge is -2.14. The van der Waals surface area contributed by atoms with Crippen LogP contribution in [0.25, 0.3) is 46.0 Å². The van der Waals surface area contributed by atoms with Crippen molar-refractivity contribution >= 4 is 23.2 Å². The van der Waals surface area contributed by atoms with Crippen LogP contribution in [0.5, 0.6) is 0 Å². The monoisotopic (exact) mass is 503 g/mol. The summed E-state index contributed by atoms with van der Waals surface area (Å²) in [7, 11) is 0. The molecule has 192 valence electrons. The maximum Gasteiger partial charge on any atom is 0.159 e. The predicted molar refractivity (Wildman–Crippen MR) is 157 cm³/mol. The minimum absolute atomic E-state index is 0.301.